The van der Waals surface area contributed by atoms with E-state index in [2.05, 4.69) is 23.6 Å². The van der Waals surface area contributed by atoms with E-state index < -0.39 is 0 Å². The van der Waals surface area contributed by atoms with Crippen molar-refractivity contribution in [2.24, 2.45) is 0 Å². The molecule has 21 heavy (non-hydrogen) atoms. The highest BCUT2D eigenvalue weighted by Gasteiger charge is 2.45. The van der Waals surface area contributed by atoms with Crippen LogP contribution in [0.3, 0.4) is 0 Å². The molecule has 2 aliphatic heterocycles. The first kappa shape index (κ1) is 14.1. The number of hydrogen-bond acceptors (Lipinski definition) is 3. The van der Waals surface area contributed by atoms with E-state index in [4.69, 9.17) is 4.74 Å². The minimum absolute atomic E-state index is 0.268. The number of rotatable bonds is 5. The Balaban J connectivity index is 1.67. The lowest BCUT2D eigenvalue weighted by atomic mass is 10.1. The minimum atomic E-state index is 0.268. The zero-order valence-electron chi connectivity index (χ0n) is 12.5. The molecular weight excluding hydrogens is 264 g/mol. The Labute approximate surface area is 126 Å². The van der Waals surface area contributed by atoms with Crippen molar-refractivity contribution in [2.75, 3.05) is 20.2 Å². The maximum absolute atomic E-state index is 12.1. The van der Waals surface area contributed by atoms with Gasteiger partial charge >= 0.3 is 0 Å². The van der Waals surface area contributed by atoms with Crippen LogP contribution >= 0.6 is 0 Å². The standard InChI is InChI=1S/C17H22N2O2/c1-3-9-19-15-8-10-18(16(15)11-17(19)20)12-13-4-6-14(21-2)7-5-13/h3-7,15-16H,1,8-12H2,2H3/t15-,16+/m0/s1. The average Bonchev–Trinajstić information content (AvgIpc) is 3.01. The molecule has 4 nitrogen and oxygen atoms in total. The van der Waals surface area contributed by atoms with Gasteiger partial charge in [0.25, 0.3) is 0 Å². The van der Waals surface area contributed by atoms with Crippen molar-refractivity contribution in [2.45, 2.75) is 31.5 Å². The van der Waals surface area contributed by atoms with Gasteiger partial charge in [0.2, 0.25) is 5.91 Å². The fraction of sp³-hybridized carbons (Fsp3) is 0.471. The van der Waals surface area contributed by atoms with Gasteiger partial charge in [-0.05, 0) is 24.1 Å². The normalized spacial score (nSPS) is 25.2. The second-order valence-electron chi connectivity index (χ2n) is 5.78. The number of benzene rings is 1. The summed E-state index contributed by atoms with van der Waals surface area (Å²) in [5.74, 6) is 1.15. The number of ether oxygens (including phenoxy) is 1. The molecule has 0 aromatic heterocycles. The van der Waals surface area contributed by atoms with E-state index in [1.54, 1.807) is 7.11 Å². The third kappa shape index (κ3) is 2.68. The molecule has 0 aliphatic carbocycles. The summed E-state index contributed by atoms with van der Waals surface area (Å²) in [5, 5.41) is 0. The first-order valence-corrected chi connectivity index (χ1v) is 7.50. The average molecular weight is 286 g/mol. The molecule has 1 aromatic rings. The van der Waals surface area contributed by atoms with Crippen LogP contribution in [0.25, 0.3) is 0 Å². The Morgan fingerprint density at radius 1 is 1.33 bits per heavy atom. The van der Waals surface area contributed by atoms with Crippen LogP contribution in [-0.4, -0.2) is 48.0 Å². The third-order valence-corrected chi connectivity index (χ3v) is 4.60. The van der Waals surface area contributed by atoms with E-state index in [0.717, 1.165) is 25.3 Å². The molecule has 0 radical (unpaired) electrons. The van der Waals surface area contributed by atoms with Crippen molar-refractivity contribution >= 4 is 5.91 Å². The highest BCUT2D eigenvalue weighted by atomic mass is 16.5. The van der Waals surface area contributed by atoms with Crippen molar-refractivity contribution in [3.63, 3.8) is 0 Å². The largest absolute Gasteiger partial charge is 0.497 e. The fourth-order valence-corrected chi connectivity index (χ4v) is 3.55. The van der Waals surface area contributed by atoms with Crippen molar-refractivity contribution in [3.8, 4) is 5.75 Å². The molecule has 3 rings (SSSR count). The van der Waals surface area contributed by atoms with Crippen LogP contribution in [0.2, 0.25) is 0 Å². The van der Waals surface area contributed by atoms with Gasteiger partial charge in [-0.1, -0.05) is 18.2 Å². The Kier molecular flexibility index (Phi) is 3.97. The predicted octanol–water partition coefficient (Wildman–Crippen LogP) is 2.06. The highest BCUT2D eigenvalue weighted by Crippen LogP contribution is 2.33. The summed E-state index contributed by atoms with van der Waals surface area (Å²) in [6.45, 7) is 6.39. The summed E-state index contributed by atoms with van der Waals surface area (Å²) in [7, 11) is 1.68. The van der Waals surface area contributed by atoms with E-state index in [0.29, 0.717) is 25.0 Å². The second-order valence-corrected chi connectivity index (χ2v) is 5.78. The lowest BCUT2D eigenvalue weighted by Gasteiger charge is -2.24. The molecule has 2 fully saturated rings. The second kappa shape index (κ2) is 5.90. The summed E-state index contributed by atoms with van der Waals surface area (Å²) in [6.07, 6.45) is 3.54. The molecule has 112 valence electrons. The fourth-order valence-electron chi connectivity index (χ4n) is 3.55. The lowest BCUT2D eigenvalue weighted by Crippen LogP contribution is -2.37. The van der Waals surface area contributed by atoms with E-state index in [1.165, 1.54) is 5.56 Å². The zero-order chi connectivity index (χ0) is 14.8. The SMILES string of the molecule is C=CCN1C(=O)C[C@@H]2[C@@H]1CCN2Cc1ccc(OC)cc1. The first-order valence-electron chi connectivity index (χ1n) is 7.50. The van der Waals surface area contributed by atoms with Gasteiger partial charge in [0.05, 0.1) is 7.11 Å². The van der Waals surface area contributed by atoms with Gasteiger partial charge in [-0.15, -0.1) is 6.58 Å². The predicted molar refractivity (Wildman–Crippen MR) is 82.1 cm³/mol. The molecule has 0 saturated carbocycles. The molecule has 2 heterocycles. The summed E-state index contributed by atoms with van der Waals surface area (Å²) in [4.78, 5) is 16.5. The summed E-state index contributed by atoms with van der Waals surface area (Å²) in [6, 6.07) is 8.92. The van der Waals surface area contributed by atoms with E-state index in [1.807, 2.05) is 23.1 Å². The number of fused-ring (bicyclic) bond motifs is 1. The first-order chi connectivity index (χ1) is 10.2. The molecule has 1 amide bonds. The molecule has 0 bridgehead atoms. The number of nitrogens with zero attached hydrogens (tertiary/aromatic N) is 2. The van der Waals surface area contributed by atoms with Crippen molar-refractivity contribution in [3.05, 3.63) is 42.5 Å². The molecule has 4 heteroatoms. The Hall–Kier alpha value is -1.81. The quantitative estimate of drug-likeness (QED) is 0.777. The van der Waals surface area contributed by atoms with Gasteiger partial charge in [0, 0.05) is 38.1 Å². The summed E-state index contributed by atoms with van der Waals surface area (Å²) >= 11 is 0. The smallest absolute Gasteiger partial charge is 0.224 e. The number of amides is 1. The van der Waals surface area contributed by atoms with Crippen molar-refractivity contribution < 1.29 is 9.53 Å². The third-order valence-electron chi connectivity index (χ3n) is 4.60. The van der Waals surface area contributed by atoms with Gasteiger partial charge in [-0.2, -0.15) is 0 Å². The number of carbonyl (C=O) groups excluding carboxylic acids is 1. The van der Waals surface area contributed by atoms with Crippen LogP contribution in [0.5, 0.6) is 5.75 Å². The Morgan fingerprint density at radius 2 is 2.10 bits per heavy atom. The van der Waals surface area contributed by atoms with Crippen molar-refractivity contribution in [1.82, 2.24) is 9.80 Å². The van der Waals surface area contributed by atoms with Crippen LogP contribution in [0.15, 0.2) is 36.9 Å². The van der Waals surface area contributed by atoms with Crippen molar-refractivity contribution in [1.29, 1.82) is 0 Å². The number of likely N-dealkylation sites (tertiary alicyclic amines) is 2. The van der Waals surface area contributed by atoms with Gasteiger partial charge in [0.15, 0.2) is 0 Å². The molecule has 2 atom stereocenters. The Bertz CT molecular complexity index is 526. The maximum Gasteiger partial charge on any atom is 0.224 e. The van der Waals surface area contributed by atoms with Gasteiger partial charge < -0.3 is 9.64 Å². The monoisotopic (exact) mass is 286 g/mol. The number of methoxy groups -OCH3 is 1. The van der Waals surface area contributed by atoms with Crippen LogP contribution < -0.4 is 4.74 Å². The minimum Gasteiger partial charge on any atom is -0.497 e. The van der Waals surface area contributed by atoms with Crippen LogP contribution in [0.1, 0.15) is 18.4 Å². The summed E-state index contributed by atoms with van der Waals surface area (Å²) in [5.41, 5.74) is 1.27. The van der Waals surface area contributed by atoms with E-state index in [9.17, 15) is 4.79 Å². The van der Waals surface area contributed by atoms with Gasteiger partial charge in [-0.3, -0.25) is 9.69 Å². The van der Waals surface area contributed by atoms with Crippen LogP contribution in [-0.2, 0) is 11.3 Å². The maximum atomic E-state index is 12.1. The van der Waals surface area contributed by atoms with Crippen LogP contribution in [0, 0.1) is 0 Å². The molecule has 2 aliphatic rings. The summed E-state index contributed by atoms with van der Waals surface area (Å²) < 4.78 is 5.19. The molecule has 0 spiro atoms. The molecule has 2 saturated heterocycles. The molecule has 0 unspecified atom stereocenters. The Morgan fingerprint density at radius 3 is 2.76 bits per heavy atom. The zero-order valence-corrected chi connectivity index (χ0v) is 12.5. The number of carbonyl (C=O) groups is 1. The lowest BCUT2D eigenvalue weighted by molar-refractivity contribution is -0.128. The molecule has 0 N–H and O–H groups in total. The topological polar surface area (TPSA) is 32.8 Å². The molecule has 1 aromatic carbocycles. The number of hydrogen-bond donors (Lipinski definition) is 0. The van der Waals surface area contributed by atoms with E-state index in [-0.39, 0.29) is 5.91 Å². The van der Waals surface area contributed by atoms with Gasteiger partial charge in [-0.25, -0.2) is 0 Å². The van der Waals surface area contributed by atoms with Crippen LogP contribution in [0.4, 0.5) is 0 Å². The molecular formula is C17H22N2O2. The van der Waals surface area contributed by atoms with Gasteiger partial charge in [0.1, 0.15) is 5.75 Å². The highest BCUT2D eigenvalue weighted by molar-refractivity contribution is 5.80. The van der Waals surface area contributed by atoms with E-state index >= 15 is 0 Å².